The zero-order chi connectivity index (χ0) is 26.0. The molecule has 2 heterocycles. The Bertz CT molecular complexity index is 1460. The van der Waals surface area contributed by atoms with Gasteiger partial charge in [0.15, 0.2) is 23.1 Å². The fraction of sp³-hybridized carbons (Fsp3) is 0.0909. The summed E-state index contributed by atoms with van der Waals surface area (Å²) in [6.45, 7) is 0. The lowest BCUT2D eigenvalue weighted by atomic mass is 10.1. The first-order chi connectivity index (χ1) is 17.0. The Morgan fingerprint density at radius 3 is 2.61 bits per heavy atom. The monoisotopic (exact) mass is 503 g/mol. The number of amides is 1. The number of aryl methyl sites for hydroxylation is 1. The summed E-state index contributed by atoms with van der Waals surface area (Å²) in [5, 5.41) is 33.9. The maximum Gasteiger partial charge on any atom is 0.435 e. The van der Waals surface area contributed by atoms with Gasteiger partial charge in [0.25, 0.3) is 5.91 Å². The molecule has 0 unspecified atom stereocenters. The molecular formula is C22H17F4N7O3. The molecule has 4 rings (SSSR count). The predicted molar refractivity (Wildman–Crippen MR) is 120 cm³/mol. The third kappa shape index (κ3) is 5.43. The number of anilines is 1. The predicted octanol–water partition coefficient (Wildman–Crippen LogP) is 3.91. The Labute approximate surface area is 199 Å². The van der Waals surface area contributed by atoms with E-state index < -0.39 is 34.9 Å². The molecule has 0 aliphatic heterocycles. The molecule has 0 spiro atoms. The summed E-state index contributed by atoms with van der Waals surface area (Å²) < 4.78 is 54.5. The summed E-state index contributed by atoms with van der Waals surface area (Å²) in [5.74, 6) is -3.01. The van der Waals surface area contributed by atoms with Crippen molar-refractivity contribution < 1.29 is 32.6 Å². The Hall–Kier alpha value is -4.88. The van der Waals surface area contributed by atoms with Gasteiger partial charge in [-0.3, -0.25) is 19.9 Å². The highest BCUT2D eigenvalue weighted by Gasteiger charge is 2.39. The molecule has 10 nitrogen and oxygen atoms in total. The van der Waals surface area contributed by atoms with Crippen molar-refractivity contribution in [3.63, 3.8) is 0 Å². The number of halogens is 4. The number of aromatic amines is 1. The number of phenols is 2. The Morgan fingerprint density at radius 1 is 1.14 bits per heavy atom. The van der Waals surface area contributed by atoms with E-state index in [4.69, 9.17) is 0 Å². The Morgan fingerprint density at radius 2 is 1.92 bits per heavy atom. The molecule has 0 atom stereocenters. The largest absolute Gasteiger partial charge is 0.508 e. The number of hydrogen-bond acceptors (Lipinski definition) is 6. The number of carbonyl (C=O) groups is 1. The van der Waals surface area contributed by atoms with Crippen molar-refractivity contribution in [3.05, 3.63) is 71.8 Å². The van der Waals surface area contributed by atoms with Crippen LogP contribution in [0.4, 0.5) is 29.1 Å². The molecule has 0 fully saturated rings. The molecule has 0 aliphatic rings. The number of hydrogen-bond donors (Lipinski definition) is 5. The van der Waals surface area contributed by atoms with Crippen LogP contribution < -0.4 is 10.6 Å². The van der Waals surface area contributed by atoms with E-state index in [1.165, 1.54) is 43.4 Å². The van der Waals surface area contributed by atoms with Gasteiger partial charge in [-0.1, -0.05) is 6.07 Å². The minimum Gasteiger partial charge on any atom is -0.508 e. The second-order valence-electron chi connectivity index (χ2n) is 7.46. The van der Waals surface area contributed by atoms with E-state index in [1.807, 2.05) is 0 Å². The summed E-state index contributed by atoms with van der Waals surface area (Å²) in [7, 11) is 1.24. The molecule has 0 saturated carbocycles. The minimum absolute atomic E-state index is 0.0244. The molecule has 0 aliphatic carbocycles. The fourth-order valence-electron chi connectivity index (χ4n) is 3.15. The van der Waals surface area contributed by atoms with Crippen molar-refractivity contribution in [3.8, 4) is 22.8 Å². The van der Waals surface area contributed by atoms with E-state index in [0.29, 0.717) is 11.3 Å². The average molecular weight is 503 g/mol. The third-order valence-corrected chi connectivity index (χ3v) is 4.73. The molecule has 0 radical (unpaired) electrons. The number of benzene rings is 2. The third-order valence-electron chi connectivity index (χ3n) is 4.73. The van der Waals surface area contributed by atoms with E-state index in [0.717, 1.165) is 23.0 Å². The van der Waals surface area contributed by atoms with Gasteiger partial charge in [-0.25, -0.2) is 4.39 Å². The van der Waals surface area contributed by atoms with E-state index in [-0.39, 0.29) is 23.2 Å². The molecule has 2 aromatic carbocycles. The van der Waals surface area contributed by atoms with E-state index in [9.17, 15) is 32.6 Å². The standard InChI is InChI=1S/C22H17F4N7O3/c1-33-10-14(19(32-33)22(24,25)26)20(36)29-21(27-12-3-2-4-13(34)8-12)28-18-9-16(30-31-18)11-5-6-17(35)15(23)7-11/h2-10,34-35H,1H3,(H3,27,28,29,30,31,36). The molecular weight excluding hydrogens is 486 g/mol. The lowest BCUT2D eigenvalue weighted by Gasteiger charge is -2.12. The summed E-state index contributed by atoms with van der Waals surface area (Å²) in [6, 6.07) is 10.7. The van der Waals surface area contributed by atoms with Gasteiger partial charge in [0.2, 0.25) is 5.96 Å². The molecule has 0 bridgehead atoms. The lowest BCUT2D eigenvalue weighted by molar-refractivity contribution is -0.141. The summed E-state index contributed by atoms with van der Waals surface area (Å²) >= 11 is 0. The molecule has 4 aromatic rings. The van der Waals surface area contributed by atoms with Crippen LogP contribution in [0.25, 0.3) is 11.3 Å². The lowest BCUT2D eigenvalue weighted by Crippen LogP contribution is -2.36. The van der Waals surface area contributed by atoms with Gasteiger partial charge in [-0.15, -0.1) is 0 Å². The highest BCUT2D eigenvalue weighted by molar-refractivity contribution is 6.11. The van der Waals surface area contributed by atoms with E-state index in [2.05, 4.69) is 30.9 Å². The number of carbonyl (C=O) groups excluding carboxylic acids is 1. The Balaban J connectivity index is 1.67. The quantitative estimate of drug-likeness (QED) is 0.163. The van der Waals surface area contributed by atoms with Crippen LogP contribution in [0, 0.1) is 5.82 Å². The van der Waals surface area contributed by atoms with E-state index in [1.54, 1.807) is 0 Å². The second kappa shape index (κ2) is 9.40. The van der Waals surface area contributed by atoms with Crippen molar-refractivity contribution in [2.45, 2.75) is 6.18 Å². The van der Waals surface area contributed by atoms with Gasteiger partial charge in [0.05, 0.1) is 11.3 Å². The first-order valence-corrected chi connectivity index (χ1v) is 10.1. The second-order valence-corrected chi connectivity index (χ2v) is 7.46. The molecule has 186 valence electrons. The van der Waals surface area contributed by atoms with Crippen molar-refractivity contribution in [2.75, 3.05) is 5.32 Å². The SMILES string of the molecule is Cn1cc(C(=O)NC(=Nc2cc(-c3ccc(O)c(F)c3)[nH]n2)Nc2cccc(O)c2)c(C(F)(F)F)n1. The molecule has 14 heteroatoms. The number of aromatic nitrogens is 4. The average Bonchev–Trinajstić information content (AvgIpc) is 3.42. The zero-order valence-corrected chi connectivity index (χ0v) is 18.3. The maximum atomic E-state index is 13.7. The van der Waals surface area contributed by atoms with Gasteiger partial charge < -0.3 is 15.5 Å². The number of alkyl halides is 3. The van der Waals surface area contributed by atoms with Crippen LogP contribution in [0.5, 0.6) is 11.5 Å². The number of nitrogens with one attached hydrogen (secondary N) is 3. The number of H-pyrrole nitrogens is 1. The van der Waals surface area contributed by atoms with Crippen LogP contribution in [-0.2, 0) is 13.2 Å². The molecule has 5 N–H and O–H groups in total. The topological polar surface area (TPSA) is 140 Å². The van der Waals surface area contributed by atoms with Crippen LogP contribution in [0.3, 0.4) is 0 Å². The van der Waals surface area contributed by atoms with Gasteiger partial charge in [-0.05, 0) is 30.3 Å². The van der Waals surface area contributed by atoms with Crippen LogP contribution in [0.2, 0.25) is 0 Å². The summed E-state index contributed by atoms with van der Waals surface area (Å²) in [5.41, 5.74) is -1.22. The fourth-order valence-corrected chi connectivity index (χ4v) is 3.15. The first kappa shape index (κ1) is 24.3. The smallest absolute Gasteiger partial charge is 0.435 e. The first-order valence-electron chi connectivity index (χ1n) is 10.1. The van der Waals surface area contributed by atoms with Crippen LogP contribution >= 0.6 is 0 Å². The van der Waals surface area contributed by atoms with Gasteiger partial charge in [0, 0.05) is 36.6 Å². The Kier molecular flexibility index (Phi) is 6.33. The number of aromatic hydroxyl groups is 2. The molecule has 0 saturated heterocycles. The number of guanidine groups is 1. The summed E-state index contributed by atoms with van der Waals surface area (Å²) in [4.78, 5) is 16.9. The zero-order valence-electron chi connectivity index (χ0n) is 18.3. The van der Waals surface area contributed by atoms with Crippen molar-refractivity contribution in [1.29, 1.82) is 0 Å². The molecule has 1 amide bonds. The van der Waals surface area contributed by atoms with Gasteiger partial charge in [-0.2, -0.15) is 28.4 Å². The van der Waals surface area contributed by atoms with Crippen LogP contribution in [0.1, 0.15) is 16.1 Å². The van der Waals surface area contributed by atoms with Crippen molar-refractivity contribution in [1.82, 2.24) is 25.3 Å². The summed E-state index contributed by atoms with van der Waals surface area (Å²) in [6.07, 6.45) is -3.96. The molecule has 2 aromatic heterocycles. The highest BCUT2D eigenvalue weighted by atomic mass is 19.4. The minimum atomic E-state index is -4.87. The van der Waals surface area contributed by atoms with Crippen molar-refractivity contribution >= 4 is 23.4 Å². The highest BCUT2D eigenvalue weighted by Crippen LogP contribution is 2.30. The normalized spacial score (nSPS) is 12.0. The molecule has 36 heavy (non-hydrogen) atoms. The van der Waals surface area contributed by atoms with Crippen LogP contribution in [0.15, 0.2) is 59.7 Å². The number of phenolic OH excluding ortho intramolecular Hbond substituents is 2. The van der Waals surface area contributed by atoms with Crippen molar-refractivity contribution in [2.24, 2.45) is 12.0 Å². The van der Waals surface area contributed by atoms with Gasteiger partial charge in [0.1, 0.15) is 5.75 Å². The van der Waals surface area contributed by atoms with Crippen LogP contribution in [-0.4, -0.2) is 42.1 Å². The maximum absolute atomic E-state index is 13.7. The van der Waals surface area contributed by atoms with E-state index >= 15 is 0 Å². The number of nitrogens with zero attached hydrogens (tertiary/aromatic N) is 4. The number of aliphatic imine (C=N–C) groups is 1. The number of rotatable bonds is 4. The van der Waals surface area contributed by atoms with Gasteiger partial charge >= 0.3 is 6.18 Å².